The van der Waals surface area contributed by atoms with Gasteiger partial charge in [0.15, 0.2) is 8.68 Å². The van der Waals surface area contributed by atoms with Gasteiger partial charge in [-0.05, 0) is 6.92 Å². The molecule has 0 aliphatic carbocycles. The Kier molecular flexibility index (Phi) is 3.89. The average molecular weight is 284 g/mol. The third-order valence-corrected chi connectivity index (χ3v) is 5.40. The number of carbonyl (C=O) groups is 1. The summed E-state index contributed by atoms with van der Waals surface area (Å²) in [5, 5.41) is 0. The van der Waals surface area contributed by atoms with Gasteiger partial charge in [-0.25, -0.2) is 13.4 Å². The summed E-state index contributed by atoms with van der Waals surface area (Å²) in [5.74, 6) is -0.723. The number of amides is 1. The Morgan fingerprint density at radius 2 is 2.19 bits per heavy atom. The molecule has 0 spiro atoms. The fraction of sp³-hybridized carbons (Fsp3) is 0.429. The Morgan fingerprint density at radius 1 is 1.62 bits per heavy atom. The molecular weight excluding hydrogens is 274 g/mol. The summed E-state index contributed by atoms with van der Waals surface area (Å²) in [7, 11) is -2.47. The molecule has 0 bridgehead atoms. The number of aromatic nitrogens is 1. The van der Waals surface area contributed by atoms with Gasteiger partial charge in [-0.3, -0.25) is 4.79 Å². The van der Waals surface area contributed by atoms with Crippen molar-refractivity contribution in [1.29, 1.82) is 0 Å². The summed E-state index contributed by atoms with van der Waals surface area (Å²) in [6, 6.07) is 0. The maximum absolute atomic E-state index is 11.9. The first kappa shape index (κ1) is 13.4. The van der Waals surface area contributed by atoms with Crippen molar-refractivity contribution in [3.8, 4) is 0 Å². The van der Waals surface area contributed by atoms with E-state index >= 15 is 0 Å². The van der Waals surface area contributed by atoms with Crippen LogP contribution in [0.15, 0.2) is 4.21 Å². The second-order valence-corrected chi connectivity index (χ2v) is 6.89. The number of sulfonamides is 1. The third kappa shape index (κ3) is 2.70. The molecule has 1 heterocycles. The molecule has 9 heteroatoms. The number of hydrogen-bond donors (Lipinski definition) is 1. The molecule has 0 aliphatic rings. The summed E-state index contributed by atoms with van der Waals surface area (Å²) in [5.41, 5.74) is 5.24. The molecule has 0 unspecified atom stereocenters. The van der Waals surface area contributed by atoms with Crippen LogP contribution in [-0.2, 0) is 14.8 Å². The molecule has 6 nitrogen and oxygen atoms in total. The number of nitrogens with zero attached hydrogens (tertiary/aromatic N) is 2. The molecule has 2 N–H and O–H groups in total. The van der Waals surface area contributed by atoms with E-state index in [9.17, 15) is 13.2 Å². The van der Waals surface area contributed by atoms with Crippen molar-refractivity contribution in [1.82, 2.24) is 9.29 Å². The smallest absolute Gasteiger partial charge is 0.254 e. The molecule has 0 fully saturated rings. The molecule has 0 aromatic carbocycles. The van der Waals surface area contributed by atoms with Crippen LogP contribution >= 0.6 is 22.9 Å². The molecule has 16 heavy (non-hydrogen) atoms. The van der Waals surface area contributed by atoms with Gasteiger partial charge in [0.25, 0.3) is 10.0 Å². The molecule has 0 saturated carbocycles. The highest BCUT2D eigenvalue weighted by Crippen LogP contribution is 2.28. The van der Waals surface area contributed by atoms with Crippen LogP contribution in [0, 0.1) is 6.92 Å². The SMILES string of the molecule is Cc1nc(Cl)sc1S(=O)(=O)N(C)CC(N)=O. The zero-order chi connectivity index (χ0) is 12.5. The second-order valence-electron chi connectivity index (χ2n) is 3.07. The highest BCUT2D eigenvalue weighted by molar-refractivity contribution is 7.91. The fourth-order valence-electron chi connectivity index (χ4n) is 1.04. The van der Waals surface area contributed by atoms with Gasteiger partial charge < -0.3 is 5.73 Å². The van der Waals surface area contributed by atoms with Crippen LogP contribution in [0.2, 0.25) is 4.47 Å². The van der Waals surface area contributed by atoms with Gasteiger partial charge in [-0.2, -0.15) is 4.31 Å². The standard InChI is InChI=1S/C7H10ClN3O3S2/c1-4-6(15-7(8)10-4)16(13,14)11(2)3-5(9)12/h3H2,1-2H3,(H2,9,12). The van der Waals surface area contributed by atoms with Gasteiger partial charge in [0.1, 0.15) is 0 Å². The lowest BCUT2D eigenvalue weighted by molar-refractivity contribution is -0.118. The number of hydrogen-bond acceptors (Lipinski definition) is 5. The minimum atomic E-state index is -3.74. The first-order valence-corrected chi connectivity index (χ1v) is 6.76. The fourth-order valence-corrected chi connectivity index (χ4v) is 4.10. The van der Waals surface area contributed by atoms with Gasteiger partial charge in [0.05, 0.1) is 12.2 Å². The first-order chi connectivity index (χ1) is 7.25. The number of carbonyl (C=O) groups excluding carboxylic acids is 1. The van der Waals surface area contributed by atoms with Gasteiger partial charge in [-0.1, -0.05) is 22.9 Å². The number of rotatable bonds is 4. The number of primary amides is 1. The number of aryl methyl sites for hydroxylation is 1. The zero-order valence-electron chi connectivity index (χ0n) is 8.60. The summed E-state index contributed by atoms with van der Waals surface area (Å²) in [4.78, 5) is 14.5. The van der Waals surface area contributed by atoms with E-state index in [0.717, 1.165) is 15.6 Å². The molecular formula is C7H10ClN3O3S2. The summed E-state index contributed by atoms with van der Waals surface area (Å²) in [6.07, 6.45) is 0. The molecule has 1 aromatic rings. The zero-order valence-corrected chi connectivity index (χ0v) is 11.0. The van der Waals surface area contributed by atoms with Crippen LogP contribution in [0.3, 0.4) is 0 Å². The Balaban J connectivity index is 3.11. The predicted octanol–water partition coefficient (Wildman–Crippen LogP) is 0.211. The Bertz CT molecular complexity index is 511. The average Bonchev–Trinajstić information content (AvgIpc) is 2.44. The van der Waals surface area contributed by atoms with Crippen LogP contribution in [-0.4, -0.2) is 37.2 Å². The molecule has 1 amide bonds. The Labute approximate surface area is 102 Å². The summed E-state index contributed by atoms with van der Waals surface area (Å²) in [6.45, 7) is 1.16. The van der Waals surface area contributed by atoms with E-state index in [0.29, 0.717) is 5.69 Å². The number of halogens is 1. The maximum atomic E-state index is 11.9. The molecule has 0 saturated heterocycles. The van der Waals surface area contributed by atoms with E-state index in [2.05, 4.69) is 4.98 Å². The quantitative estimate of drug-likeness (QED) is 0.855. The van der Waals surface area contributed by atoms with Crippen LogP contribution in [0.5, 0.6) is 0 Å². The van der Waals surface area contributed by atoms with Crippen LogP contribution in [0.25, 0.3) is 0 Å². The number of likely N-dealkylation sites (N-methyl/N-ethyl adjacent to an activating group) is 1. The first-order valence-electron chi connectivity index (χ1n) is 4.12. The minimum absolute atomic E-state index is 0.0289. The van der Waals surface area contributed by atoms with Gasteiger partial charge in [0.2, 0.25) is 5.91 Å². The van der Waals surface area contributed by atoms with Crippen molar-refractivity contribution in [3.05, 3.63) is 10.2 Å². The lowest BCUT2D eigenvalue weighted by atomic mass is 10.6. The van der Waals surface area contributed by atoms with Crippen molar-refractivity contribution < 1.29 is 13.2 Å². The van der Waals surface area contributed by atoms with E-state index in [4.69, 9.17) is 17.3 Å². The highest BCUT2D eigenvalue weighted by atomic mass is 35.5. The Hall–Kier alpha value is -0.700. The lowest BCUT2D eigenvalue weighted by Gasteiger charge is -2.13. The van der Waals surface area contributed by atoms with Gasteiger partial charge in [-0.15, -0.1) is 0 Å². The van der Waals surface area contributed by atoms with E-state index in [1.807, 2.05) is 0 Å². The van der Waals surface area contributed by atoms with Crippen molar-refractivity contribution in [2.24, 2.45) is 5.73 Å². The molecule has 0 aliphatic heterocycles. The molecule has 1 rings (SSSR count). The molecule has 1 aromatic heterocycles. The van der Waals surface area contributed by atoms with E-state index < -0.39 is 15.9 Å². The van der Waals surface area contributed by atoms with Crippen molar-refractivity contribution >= 4 is 38.9 Å². The normalized spacial score (nSPS) is 12.0. The monoisotopic (exact) mass is 283 g/mol. The van der Waals surface area contributed by atoms with Crippen LogP contribution in [0.1, 0.15) is 5.69 Å². The third-order valence-electron chi connectivity index (χ3n) is 1.75. The largest absolute Gasteiger partial charge is 0.369 e. The Morgan fingerprint density at radius 3 is 2.56 bits per heavy atom. The summed E-state index contributed by atoms with van der Waals surface area (Å²) >= 11 is 6.46. The van der Waals surface area contributed by atoms with E-state index in [1.165, 1.54) is 14.0 Å². The van der Waals surface area contributed by atoms with E-state index in [-0.39, 0.29) is 15.2 Å². The van der Waals surface area contributed by atoms with Gasteiger partial charge in [0, 0.05) is 7.05 Å². The lowest BCUT2D eigenvalue weighted by Crippen LogP contribution is -2.35. The van der Waals surface area contributed by atoms with Crippen LogP contribution < -0.4 is 5.73 Å². The predicted molar refractivity (Wildman–Crippen MR) is 60.9 cm³/mol. The number of thiazole rings is 1. The second kappa shape index (κ2) is 4.66. The highest BCUT2D eigenvalue weighted by Gasteiger charge is 2.27. The molecule has 0 atom stereocenters. The minimum Gasteiger partial charge on any atom is -0.369 e. The molecule has 90 valence electrons. The van der Waals surface area contributed by atoms with Crippen molar-refractivity contribution in [2.75, 3.05) is 13.6 Å². The number of nitrogens with two attached hydrogens (primary N) is 1. The van der Waals surface area contributed by atoms with Gasteiger partial charge >= 0.3 is 0 Å². The summed E-state index contributed by atoms with van der Waals surface area (Å²) < 4.78 is 24.9. The maximum Gasteiger partial charge on any atom is 0.254 e. The van der Waals surface area contributed by atoms with E-state index in [1.54, 1.807) is 0 Å². The topological polar surface area (TPSA) is 93.4 Å². The van der Waals surface area contributed by atoms with Crippen molar-refractivity contribution in [2.45, 2.75) is 11.1 Å². The molecule has 0 radical (unpaired) electrons. The van der Waals surface area contributed by atoms with Crippen LogP contribution in [0.4, 0.5) is 0 Å². The van der Waals surface area contributed by atoms with Crippen molar-refractivity contribution in [3.63, 3.8) is 0 Å².